The molecule has 5 heteroatoms. The van der Waals surface area contributed by atoms with Crippen molar-refractivity contribution in [1.82, 2.24) is 5.32 Å². The van der Waals surface area contributed by atoms with E-state index in [9.17, 15) is 4.79 Å². The van der Waals surface area contributed by atoms with Crippen molar-refractivity contribution in [3.63, 3.8) is 0 Å². The first-order chi connectivity index (χ1) is 16.7. The molecule has 0 spiro atoms. The van der Waals surface area contributed by atoms with Crippen molar-refractivity contribution in [3.8, 4) is 107 Å². The van der Waals surface area contributed by atoms with Crippen LogP contribution < -0.4 is 5.32 Å². The first kappa shape index (κ1) is 33.7. The largest absolute Gasteiger partial charge is 0.653 e. The zero-order valence-corrected chi connectivity index (χ0v) is 23.2. The standard InChI is InChI=1S/C19H2NO.C11H24N2.Y/c1-2-3-4-5-6-7-8-9-10-11-12-13-14-15-16-17-18-20-19-21;1-3-4-5-6-9-13(2)10-7-12-8-11-13;/h1H,(H,20,21);3-11H2,1-2H3;/q-1;;. The molecule has 1 fully saturated rings. The molecule has 1 N–H and O–H groups in total. The second-order valence-electron chi connectivity index (χ2n) is 6.89. The van der Waals surface area contributed by atoms with Crippen LogP contribution in [0.2, 0.25) is 0 Å². The molecule has 1 saturated heterocycles. The summed E-state index contributed by atoms with van der Waals surface area (Å²) in [4.78, 5) is 9.69. The summed E-state index contributed by atoms with van der Waals surface area (Å²) in [6, 6.07) is 2.21. The smallest absolute Gasteiger partial charge is 0.0783 e. The molecule has 0 bridgehead atoms. The molecule has 0 aromatic rings. The van der Waals surface area contributed by atoms with Gasteiger partial charge in [-0.1, -0.05) is 32.9 Å². The van der Waals surface area contributed by atoms with Gasteiger partial charge in [-0.25, -0.2) is 6.04 Å². The van der Waals surface area contributed by atoms with Gasteiger partial charge in [-0.15, -0.1) is 12.3 Å². The molecule has 0 aromatic carbocycles. The van der Waals surface area contributed by atoms with Gasteiger partial charge in [0.25, 0.3) is 0 Å². The van der Waals surface area contributed by atoms with E-state index in [0.717, 1.165) is 13.1 Å². The quantitative estimate of drug-likeness (QED) is 0.182. The number of piperazine rings is 1. The number of quaternary nitrogens is 1. The Labute approximate surface area is 237 Å². The summed E-state index contributed by atoms with van der Waals surface area (Å²) in [6.45, 7) is 8.36. The Balaban J connectivity index is 0. The number of likely N-dealkylation sites (N-methyl/N-ethyl adjacent to an activating group) is 1. The zero-order chi connectivity index (χ0) is 25.0. The molecule has 171 valence electrons. The van der Waals surface area contributed by atoms with Crippen molar-refractivity contribution in [1.29, 1.82) is 0 Å². The van der Waals surface area contributed by atoms with Gasteiger partial charge in [0.05, 0.1) is 33.1 Å². The zero-order valence-electron chi connectivity index (χ0n) is 20.3. The molecule has 1 radical (unpaired) electrons. The second-order valence-corrected chi connectivity index (χ2v) is 6.89. The van der Waals surface area contributed by atoms with Gasteiger partial charge < -0.3 is 19.9 Å². The molecule has 1 aliphatic heterocycles. The van der Waals surface area contributed by atoms with E-state index in [0.29, 0.717) is 0 Å². The van der Waals surface area contributed by atoms with Crippen molar-refractivity contribution in [2.45, 2.75) is 32.6 Å². The number of hydrogen-bond donors (Lipinski definition) is 1. The average Bonchev–Trinajstić information content (AvgIpc) is 2.85. The molecule has 4 nitrogen and oxygen atoms in total. The number of amides is 1. The van der Waals surface area contributed by atoms with E-state index in [1.807, 2.05) is 5.32 Å². The van der Waals surface area contributed by atoms with Crippen molar-refractivity contribution in [2.24, 2.45) is 0 Å². The van der Waals surface area contributed by atoms with Crippen LogP contribution in [0.25, 0.3) is 5.32 Å². The number of unbranched alkanes of at least 4 members (excludes halogenated alkanes) is 3. The van der Waals surface area contributed by atoms with E-state index >= 15 is 0 Å². The topological polar surface area (TPSA) is 43.2 Å². The van der Waals surface area contributed by atoms with Crippen LogP contribution in [0.5, 0.6) is 0 Å². The van der Waals surface area contributed by atoms with Gasteiger partial charge in [0, 0.05) is 32.7 Å². The van der Waals surface area contributed by atoms with Crippen molar-refractivity contribution in [3.05, 3.63) is 5.32 Å². The summed E-state index contributed by atoms with van der Waals surface area (Å²) in [7, 11) is 2.39. The first-order valence-corrected chi connectivity index (χ1v) is 10.7. The monoisotopic (exact) mass is 533 g/mol. The maximum atomic E-state index is 9.69. The Bertz CT molecular complexity index is 1190. The molecule has 0 aromatic heterocycles. The first-order valence-electron chi connectivity index (χ1n) is 10.7. The summed E-state index contributed by atoms with van der Waals surface area (Å²) in [5.41, 5.74) is 0. The minimum Gasteiger partial charge on any atom is -0.653 e. The minimum absolute atomic E-state index is 0. The van der Waals surface area contributed by atoms with E-state index in [4.69, 9.17) is 6.42 Å². The molecular formula is C30H26N3OY-. The van der Waals surface area contributed by atoms with Crippen molar-refractivity contribution in [2.75, 3.05) is 39.8 Å². The Morgan fingerprint density at radius 3 is 1.66 bits per heavy atom. The van der Waals surface area contributed by atoms with E-state index < -0.39 is 0 Å². The molecule has 0 unspecified atom stereocenters. The molecule has 1 amide bonds. The van der Waals surface area contributed by atoms with Crippen LogP contribution in [0.15, 0.2) is 0 Å². The number of carbonyl (C=O) groups excluding carboxylic acids is 1. The Hall–Kier alpha value is -3.47. The predicted molar refractivity (Wildman–Crippen MR) is 138 cm³/mol. The second kappa shape index (κ2) is 26.8. The number of nitrogens with one attached hydrogen (secondary N) is 1. The summed E-state index contributed by atoms with van der Waals surface area (Å²) >= 11 is 0. The fourth-order valence-corrected chi connectivity index (χ4v) is 2.52. The van der Waals surface area contributed by atoms with E-state index in [1.54, 1.807) is 0 Å². The van der Waals surface area contributed by atoms with Gasteiger partial charge in [-0.2, -0.15) is 0 Å². The SMILES string of the molecule is C#CC#CC#CC#CC#CC#CC#CC#CC#CN[C-]=O.CCCCCC[N+]1(C)CC[N-]CC1.[Y]. The normalized spacial score (nSPS) is 10.5. The fourth-order valence-electron chi connectivity index (χ4n) is 2.52. The maximum Gasteiger partial charge on any atom is 0.0783 e. The Kier molecular flexibility index (Phi) is 25.8. The average molecular weight is 533 g/mol. The van der Waals surface area contributed by atoms with Crippen LogP contribution in [0.4, 0.5) is 0 Å². The van der Waals surface area contributed by atoms with E-state index in [1.165, 1.54) is 56.2 Å². The summed E-state index contributed by atoms with van der Waals surface area (Å²) in [6.07, 6.45) is 11.8. The third-order valence-electron chi connectivity index (χ3n) is 4.27. The van der Waals surface area contributed by atoms with Crippen molar-refractivity contribution < 1.29 is 42.0 Å². The number of rotatable bonds is 6. The number of terminal acetylenes is 1. The predicted octanol–water partition coefficient (Wildman–Crippen LogP) is 1.66. The Morgan fingerprint density at radius 2 is 1.23 bits per heavy atom. The summed E-state index contributed by atoms with van der Waals surface area (Å²) in [5.74, 6) is 38.3. The van der Waals surface area contributed by atoms with Crippen molar-refractivity contribution >= 4 is 6.41 Å². The molecule has 1 heterocycles. The van der Waals surface area contributed by atoms with Gasteiger partial charge in [0.15, 0.2) is 0 Å². The van der Waals surface area contributed by atoms with Gasteiger partial charge in [0.1, 0.15) is 0 Å². The van der Waals surface area contributed by atoms with Gasteiger partial charge in [-0.3, -0.25) is 0 Å². The number of nitrogens with zero attached hydrogens (tertiary/aromatic N) is 2. The van der Waals surface area contributed by atoms with Crippen LogP contribution in [-0.2, 0) is 37.5 Å². The molecule has 1 rings (SSSR count). The van der Waals surface area contributed by atoms with Crippen LogP contribution in [0.3, 0.4) is 0 Å². The number of hydrogen-bond acceptors (Lipinski definition) is 1. The van der Waals surface area contributed by atoms with Crippen LogP contribution in [0.1, 0.15) is 32.6 Å². The van der Waals surface area contributed by atoms with E-state index in [-0.39, 0.29) is 32.7 Å². The molecule has 0 atom stereocenters. The minimum atomic E-state index is 0. The van der Waals surface area contributed by atoms with Gasteiger partial charge in [0.2, 0.25) is 0 Å². The molecule has 35 heavy (non-hydrogen) atoms. The van der Waals surface area contributed by atoms with Crippen LogP contribution >= 0.6 is 0 Å². The van der Waals surface area contributed by atoms with E-state index in [2.05, 4.69) is 120 Å². The maximum absolute atomic E-state index is 9.69. The fraction of sp³-hybridized carbons (Fsp3) is 0.367. The molecule has 0 aliphatic carbocycles. The molecular weight excluding hydrogens is 507 g/mol. The van der Waals surface area contributed by atoms with Crippen LogP contribution in [-0.4, -0.2) is 50.7 Å². The van der Waals surface area contributed by atoms with Gasteiger partial charge >= 0.3 is 0 Å². The van der Waals surface area contributed by atoms with Crippen LogP contribution in [0, 0.1) is 107 Å². The summed E-state index contributed by atoms with van der Waals surface area (Å²) in [5, 5.41) is 6.40. The van der Waals surface area contributed by atoms with Gasteiger partial charge in [-0.05, 0) is 102 Å². The third-order valence-corrected chi connectivity index (χ3v) is 4.27. The summed E-state index contributed by atoms with van der Waals surface area (Å²) < 4.78 is 1.27. The molecule has 1 aliphatic rings. The third kappa shape index (κ3) is 25.0. The molecule has 0 saturated carbocycles. The Morgan fingerprint density at radius 1 is 0.771 bits per heavy atom.